The Labute approximate surface area is 188 Å². The minimum Gasteiger partial charge on any atom is -0.394 e. The smallest absolute Gasteiger partial charge is 0.241 e. The van der Waals surface area contributed by atoms with Gasteiger partial charge < -0.3 is 10.0 Å². The summed E-state index contributed by atoms with van der Waals surface area (Å²) in [7, 11) is 0. The third kappa shape index (κ3) is 4.05. The van der Waals surface area contributed by atoms with E-state index in [1.807, 2.05) is 37.3 Å². The lowest BCUT2D eigenvalue weighted by molar-refractivity contribution is -0.144. The molecule has 1 aromatic carbocycles. The third-order valence-electron chi connectivity index (χ3n) is 6.74. The van der Waals surface area contributed by atoms with Crippen LogP contribution in [-0.2, 0) is 26.3 Å². The van der Waals surface area contributed by atoms with Crippen molar-refractivity contribution in [1.29, 1.82) is 0 Å². The number of aliphatic hydroxyl groups is 1. The molecule has 0 bridgehead atoms. The highest BCUT2D eigenvalue weighted by Gasteiger charge is 2.54. The van der Waals surface area contributed by atoms with Crippen molar-refractivity contribution in [3.8, 4) is 0 Å². The van der Waals surface area contributed by atoms with Gasteiger partial charge in [-0.2, -0.15) is 0 Å². The number of hydrogen-bond acceptors (Lipinski definition) is 5. The number of likely N-dealkylation sites (tertiary alicyclic amines) is 2. The van der Waals surface area contributed by atoms with Crippen LogP contribution < -0.4 is 0 Å². The zero-order valence-corrected chi connectivity index (χ0v) is 18.4. The Morgan fingerprint density at radius 2 is 2.00 bits per heavy atom. The molecule has 3 amide bonds. The van der Waals surface area contributed by atoms with Crippen LogP contribution in [0.1, 0.15) is 48.8 Å². The number of pyridine rings is 1. The summed E-state index contributed by atoms with van der Waals surface area (Å²) in [6.45, 7) is 2.51. The van der Waals surface area contributed by atoms with Gasteiger partial charge in [-0.3, -0.25) is 24.3 Å². The van der Waals surface area contributed by atoms with Gasteiger partial charge >= 0.3 is 0 Å². The summed E-state index contributed by atoms with van der Waals surface area (Å²) in [6, 6.07) is 10.8. The summed E-state index contributed by atoms with van der Waals surface area (Å²) in [5, 5.41) is 9.77. The van der Waals surface area contributed by atoms with E-state index in [0.717, 1.165) is 36.0 Å². The number of carbonyl (C=O) groups excluding carboxylic acids is 3. The quantitative estimate of drug-likeness (QED) is 0.704. The highest BCUT2D eigenvalue weighted by Crippen LogP contribution is 2.42. The number of piperidine rings is 1. The van der Waals surface area contributed by atoms with Crippen LogP contribution in [0.3, 0.4) is 0 Å². The molecule has 32 heavy (non-hydrogen) atoms. The maximum absolute atomic E-state index is 13.8. The molecule has 0 spiro atoms. The van der Waals surface area contributed by atoms with Crippen LogP contribution in [0.15, 0.2) is 48.8 Å². The molecule has 0 aliphatic carbocycles. The molecule has 0 saturated carbocycles. The minimum absolute atomic E-state index is 0.0413. The molecule has 0 radical (unpaired) electrons. The number of imide groups is 1. The van der Waals surface area contributed by atoms with Crippen molar-refractivity contribution in [1.82, 2.24) is 14.8 Å². The van der Waals surface area contributed by atoms with Gasteiger partial charge in [-0.15, -0.1) is 0 Å². The molecule has 2 aliphatic heterocycles. The van der Waals surface area contributed by atoms with Crippen molar-refractivity contribution in [2.75, 3.05) is 13.2 Å². The van der Waals surface area contributed by atoms with Crippen LogP contribution in [0.25, 0.3) is 0 Å². The van der Waals surface area contributed by atoms with Gasteiger partial charge in [-0.25, -0.2) is 0 Å². The topological polar surface area (TPSA) is 90.8 Å². The van der Waals surface area contributed by atoms with Crippen LogP contribution >= 0.6 is 0 Å². The van der Waals surface area contributed by atoms with Crippen LogP contribution in [0, 0.1) is 6.92 Å². The molecule has 0 unspecified atom stereocenters. The van der Waals surface area contributed by atoms with Gasteiger partial charge in [0.25, 0.3) is 0 Å². The number of aromatic nitrogens is 1. The number of aryl methyl sites for hydroxylation is 1. The molecule has 2 atom stereocenters. The van der Waals surface area contributed by atoms with E-state index in [1.165, 1.54) is 4.90 Å². The fourth-order valence-corrected chi connectivity index (χ4v) is 5.07. The summed E-state index contributed by atoms with van der Waals surface area (Å²) >= 11 is 0. The molecule has 7 heteroatoms. The molecule has 168 valence electrons. The van der Waals surface area contributed by atoms with Gasteiger partial charge in [0.2, 0.25) is 17.7 Å². The molecule has 1 aromatic heterocycles. The van der Waals surface area contributed by atoms with E-state index in [0.29, 0.717) is 6.54 Å². The Morgan fingerprint density at radius 1 is 1.19 bits per heavy atom. The summed E-state index contributed by atoms with van der Waals surface area (Å²) in [4.78, 5) is 47.4. The van der Waals surface area contributed by atoms with Crippen molar-refractivity contribution in [3.05, 3.63) is 65.5 Å². The van der Waals surface area contributed by atoms with E-state index in [-0.39, 0.29) is 49.8 Å². The molecule has 7 nitrogen and oxygen atoms in total. The highest BCUT2D eigenvalue weighted by molar-refractivity contribution is 6.10. The van der Waals surface area contributed by atoms with Gasteiger partial charge in [0, 0.05) is 31.8 Å². The van der Waals surface area contributed by atoms with Crippen molar-refractivity contribution in [3.63, 3.8) is 0 Å². The van der Waals surface area contributed by atoms with E-state index in [9.17, 15) is 19.5 Å². The van der Waals surface area contributed by atoms with E-state index in [4.69, 9.17) is 0 Å². The number of nitrogens with zero attached hydrogens (tertiary/aromatic N) is 3. The maximum atomic E-state index is 13.8. The Balaban J connectivity index is 1.69. The predicted octanol–water partition coefficient (Wildman–Crippen LogP) is 2.35. The van der Waals surface area contributed by atoms with Gasteiger partial charge in [0.05, 0.1) is 24.6 Å². The number of benzene rings is 1. The lowest BCUT2D eigenvalue weighted by atomic mass is 9.73. The fraction of sp³-hybridized carbons (Fsp3) is 0.440. The first kappa shape index (κ1) is 22.1. The number of hydrogen-bond donors (Lipinski definition) is 1. The predicted molar refractivity (Wildman–Crippen MR) is 118 cm³/mol. The first-order chi connectivity index (χ1) is 15.5. The first-order valence-corrected chi connectivity index (χ1v) is 11.2. The number of amides is 3. The minimum atomic E-state index is -1.24. The normalized spacial score (nSPS) is 23.6. The average molecular weight is 436 g/mol. The third-order valence-corrected chi connectivity index (χ3v) is 6.74. The second kappa shape index (κ2) is 9.20. The van der Waals surface area contributed by atoms with Crippen molar-refractivity contribution < 1.29 is 19.5 Å². The zero-order chi connectivity index (χ0) is 22.7. The van der Waals surface area contributed by atoms with Gasteiger partial charge in [-0.1, -0.05) is 30.3 Å². The number of aliphatic hydroxyl groups excluding tert-OH is 1. The van der Waals surface area contributed by atoms with Gasteiger partial charge in [0.15, 0.2) is 0 Å². The van der Waals surface area contributed by atoms with E-state index < -0.39 is 5.41 Å². The number of carbonyl (C=O) groups is 3. The fourth-order valence-electron chi connectivity index (χ4n) is 5.07. The highest BCUT2D eigenvalue weighted by atomic mass is 16.3. The maximum Gasteiger partial charge on any atom is 0.241 e. The van der Waals surface area contributed by atoms with E-state index in [2.05, 4.69) is 4.98 Å². The van der Waals surface area contributed by atoms with E-state index in [1.54, 1.807) is 23.4 Å². The molecular formula is C25H29N3O4. The lowest BCUT2D eigenvalue weighted by Gasteiger charge is -2.37. The molecule has 4 rings (SSSR count). The van der Waals surface area contributed by atoms with E-state index >= 15 is 0 Å². The first-order valence-electron chi connectivity index (χ1n) is 11.2. The summed E-state index contributed by atoms with van der Waals surface area (Å²) < 4.78 is 0. The van der Waals surface area contributed by atoms with Crippen LogP contribution in [0.5, 0.6) is 0 Å². The van der Waals surface area contributed by atoms with Crippen molar-refractivity contribution in [2.45, 2.75) is 57.0 Å². The largest absolute Gasteiger partial charge is 0.394 e. The SMILES string of the molecule is Cc1ccccc1[C@@]1(CC(=O)N2CCCC[C@H]2CO)CC(=O)N(Cc2cccnc2)C1=O. The molecule has 2 saturated heterocycles. The average Bonchev–Trinajstić information content (AvgIpc) is 3.04. The van der Waals surface area contributed by atoms with Crippen molar-refractivity contribution in [2.24, 2.45) is 0 Å². The van der Waals surface area contributed by atoms with Crippen molar-refractivity contribution >= 4 is 17.7 Å². The standard InChI is InChI=1S/C25H29N3O4/c1-18-7-2-3-10-21(18)25(13-22(30)27-12-5-4-9-20(27)17-29)14-23(31)28(24(25)32)16-19-8-6-11-26-15-19/h2-3,6-8,10-11,15,20,29H,4-5,9,12-14,16-17H2,1H3/t20-,25+/m0/s1. The summed E-state index contributed by atoms with van der Waals surface area (Å²) in [6.07, 6.45) is 5.75. The molecular weight excluding hydrogens is 406 g/mol. The van der Waals surface area contributed by atoms with Crippen LogP contribution in [0.2, 0.25) is 0 Å². The Bertz CT molecular complexity index is 1010. The zero-order valence-electron chi connectivity index (χ0n) is 18.4. The van der Waals surface area contributed by atoms with Gasteiger partial charge in [0.1, 0.15) is 0 Å². The van der Waals surface area contributed by atoms with Crippen LogP contribution in [-0.4, -0.2) is 56.8 Å². The Hall–Kier alpha value is -3.06. The molecule has 2 aliphatic rings. The monoisotopic (exact) mass is 435 g/mol. The summed E-state index contributed by atoms with van der Waals surface area (Å²) in [5.41, 5.74) is 1.12. The van der Waals surface area contributed by atoms with Crippen LogP contribution in [0.4, 0.5) is 0 Å². The Kier molecular flexibility index (Phi) is 6.37. The summed E-state index contributed by atoms with van der Waals surface area (Å²) in [5.74, 6) is -0.810. The molecule has 3 heterocycles. The molecule has 2 aromatic rings. The van der Waals surface area contributed by atoms with Gasteiger partial charge in [-0.05, 0) is 48.9 Å². The lowest BCUT2D eigenvalue weighted by Crippen LogP contribution is -2.49. The molecule has 2 fully saturated rings. The Morgan fingerprint density at radius 3 is 2.72 bits per heavy atom. The number of rotatable bonds is 6. The second-order valence-electron chi connectivity index (χ2n) is 8.82. The molecule has 1 N–H and O–H groups in total. The second-order valence-corrected chi connectivity index (χ2v) is 8.82.